The number of amides is 1. The lowest BCUT2D eigenvalue weighted by molar-refractivity contribution is -0.120. The Hall–Kier alpha value is -1.98. The van der Waals surface area contributed by atoms with Gasteiger partial charge in [0.25, 0.3) is 5.91 Å². The lowest BCUT2D eigenvalue weighted by Gasteiger charge is -2.10. The van der Waals surface area contributed by atoms with Crippen molar-refractivity contribution in [3.63, 3.8) is 0 Å². The molecular weight excluding hydrogens is 228 g/mol. The van der Waals surface area contributed by atoms with Crippen LogP contribution in [0.2, 0.25) is 0 Å². The molecule has 1 aliphatic rings. The average molecular weight is 239 g/mol. The number of benzene rings is 1. The van der Waals surface area contributed by atoms with Crippen LogP contribution in [0.25, 0.3) is 0 Å². The minimum absolute atomic E-state index is 0.241. The SMILES string of the molecule is CCN=C1NC(=O)C(c2c(F)cccc2F)N1. The van der Waals surface area contributed by atoms with Gasteiger partial charge in [-0.25, -0.2) is 8.78 Å². The molecule has 1 saturated heterocycles. The molecule has 0 saturated carbocycles. The lowest BCUT2D eigenvalue weighted by atomic mass is 10.1. The van der Waals surface area contributed by atoms with Gasteiger partial charge in [-0.3, -0.25) is 15.1 Å². The molecule has 1 heterocycles. The maximum Gasteiger partial charge on any atom is 0.254 e. The molecule has 0 aromatic heterocycles. The molecule has 1 unspecified atom stereocenters. The van der Waals surface area contributed by atoms with E-state index < -0.39 is 23.6 Å². The highest BCUT2D eigenvalue weighted by Gasteiger charge is 2.33. The number of carbonyl (C=O) groups is 1. The monoisotopic (exact) mass is 239 g/mol. The number of guanidine groups is 1. The number of hydrogen-bond acceptors (Lipinski definition) is 2. The van der Waals surface area contributed by atoms with Crippen LogP contribution in [0, 0.1) is 11.6 Å². The third-order valence-electron chi connectivity index (χ3n) is 2.39. The molecule has 2 rings (SSSR count). The van der Waals surface area contributed by atoms with Crippen molar-refractivity contribution >= 4 is 11.9 Å². The van der Waals surface area contributed by atoms with Gasteiger partial charge in [-0.05, 0) is 19.1 Å². The maximum atomic E-state index is 13.5. The summed E-state index contributed by atoms with van der Waals surface area (Å²) in [4.78, 5) is 15.5. The Morgan fingerprint density at radius 2 is 2.00 bits per heavy atom. The van der Waals surface area contributed by atoms with E-state index in [0.717, 1.165) is 12.1 Å². The molecule has 0 bridgehead atoms. The standard InChI is InChI=1S/C11H11F2N3O/c1-2-14-11-15-9(10(17)16-11)8-6(12)4-3-5-7(8)13/h3-5,9H,2H2,1H3,(H2,14,15,16,17). The molecule has 1 amide bonds. The van der Waals surface area contributed by atoms with Crippen LogP contribution in [0.5, 0.6) is 0 Å². The zero-order valence-electron chi connectivity index (χ0n) is 9.13. The topological polar surface area (TPSA) is 53.5 Å². The highest BCUT2D eigenvalue weighted by atomic mass is 19.1. The first-order valence-corrected chi connectivity index (χ1v) is 5.19. The van der Waals surface area contributed by atoms with E-state index in [2.05, 4.69) is 15.6 Å². The minimum Gasteiger partial charge on any atom is -0.340 e. The van der Waals surface area contributed by atoms with Crippen LogP contribution in [0.3, 0.4) is 0 Å². The van der Waals surface area contributed by atoms with Crippen molar-refractivity contribution in [2.45, 2.75) is 13.0 Å². The Kier molecular flexibility index (Phi) is 3.03. The number of hydrogen-bond donors (Lipinski definition) is 2. The number of nitrogens with one attached hydrogen (secondary N) is 2. The number of carbonyl (C=O) groups excluding carboxylic acids is 1. The summed E-state index contributed by atoms with van der Waals surface area (Å²) >= 11 is 0. The summed E-state index contributed by atoms with van der Waals surface area (Å²) in [7, 11) is 0. The van der Waals surface area contributed by atoms with Gasteiger partial charge in [0, 0.05) is 6.54 Å². The van der Waals surface area contributed by atoms with Crippen LogP contribution in [0.15, 0.2) is 23.2 Å². The van der Waals surface area contributed by atoms with E-state index in [1.807, 2.05) is 0 Å². The molecular formula is C11H11F2N3O. The van der Waals surface area contributed by atoms with Crippen LogP contribution in [-0.2, 0) is 4.79 Å². The fourth-order valence-electron chi connectivity index (χ4n) is 1.66. The molecule has 1 aromatic rings. The van der Waals surface area contributed by atoms with Gasteiger partial charge in [0.2, 0.25) is 0 Å². The second-order valence-corrected chi connectivity index (χ2v) is 3.52. The third-order valence-corrected chi connectivity index (χ3v) is 2.39. The molecule has 90 valence electrons. The molecule has 6 heteroatoms. The molecule has 17 heavy (non-hydrogen) atoms. The summed E-state index contributed by atoms with van der Waals surface area (Å²) in [6, 6.07) is 2.41. The maximum absolute atomic E-state index is 13.5. The van der Waals surface area contributed by atoms with Crippen LogP contribution >= 0.6 is 0 Å². The third kappa shape index (κ3) is 2.11. The molecule has 1 aromatic carbocycles. The summed E-state index contributed by atoms with van der Waals surface area (Å²) < 4.78 is 27.0. The van der Waals surface area contributed by atoms with Crippen molar-refractivity contribution in [3.05, 3.63) is 35.4 Å². The first-order chi connectivity index (χ1) is 8.13. The van der Waals surface area contributed by atoms with Gasteiger partial charge >= 0.3 is 0 Å². The molecule has 0 aliphatic carbocycles. The Morgan fingerprint density at radius 3 is 2.59 bits per heavy atom. The van der Waals surface area contributed by atoms with Gasteiger partial charge in [0.05, 0.1) is 5.56 Å². The zero-order chi connectivity index (χ0) is 12.4. The number of nitrogens with zero attached hydrogens (tertiary/aromatic N) is 1. The average Bonchev–Trinajstić information content (AvgIpc) is 2.60. The molecule has 1 fully saturated rings. The molecule has 1 aliphatic heterocycles. The molecule has 0 spiro atoms. The van der Waals surface area contributed by atoms with Crippen LogP contribution in [0.4, 0.5) is 8.78 Å². The van der Waals surface area contributed by atoms with Gasteiger partial charge in [0.1, 0.15) is 17.7 Å². The molecule has 2 N–H and O–H groups in total. The van der Waals surface area contributed by atoms with Crippen LogP contribution in [-0.4, -0.2) is 18.4 Å². The number of halogens is 2. The summed E-state index contributed by atoms with van der Waals surface area (Å²) in [5, 5.41) is 5.07. The van der Waals surface area contributed by atoms with Gasteiger partial charge in [-0.15, -0.1) is 0 Å². The fraction of sp³-hybridized carbons (Fsp3) is 0.273. The van der Waals surface area contributed by atoms with Crippen LogP contribution in [0.1, 0.15) is 18.5 Å². The van der Waals surface area contributed by atoms with Crippen molar-refractivity contribution < 1.29 is 13.6 Å². The fourth-order valence-corrected chi connectivity index (χ4v) is 1.66. The Labute approximate surface area is 96.7 Å². The first kappa shape index (κ1) is 11.5. The molecule has 1 atom stereocenters. The van der Waals surface area contributed by atoms with E-state index in [9.17, 15) is 13.6 Å². The summed E-state index contributed by atoms with van der Waals surface area (Å²) in [6.45, 7) is 2.26. The van der Waals surface area contributed by atoms with E-state index in [0.29, 0.717) is 6.54 Å². The Balaban J connectivity index is 2.36. The summed E-state index contributed by atoms with van der Waals surface area (Å²) in [6.07, 6.45) is 0. The number of rotatable bonds is 2. The zero-order valence-corrected chi connectivity index (χ0v) is 9.13. The lowest BCUT2D eigenvalue weighted by Crippen LogP contribution is -2.25. The van der Waals surface area contributed by atoms with E-state index >= 15 is 0 Å². The van der Waals surface area contributed by atoms with Crippen molar-refractivity contribution in [1.29, 1.82) is 0 Å². The second-order valence-electron chi connectivity index (χ2n) is 3.52. The number of aliphatic imine (C=N–C) groups is 1. The molecule has 0 radical (unpaired) electrons. The van der Waals surface area contributed by atoms with Gasteiger partial charge in [0.15, 0.2) is 5.96 Å². The predicted octanol–water partition coefficient (Wildman–Crippen LogP) is 1.10. The van der Waals surface area contributed by atoms with E-state index in [1.165, 1.54) is 6.07 Å². The Morgan fingerprint density at radius 1 is 1.35 bits per heavy atom. The normalized spacial score (nSPS) is 21.5. The first-order valence-electron chi connectivity index (χ1n) is 5.19. The minimum atomic E-state index is -1.07. The van der Waals surface area contributed by atoms with Gasteiger partial charge in [-0.2, -0.15) is 0 Å². The van der Waals surface area contributed by atoms with Crippen molar-refractivity contribution in [2.75, 3.05) is 6.54 Å². The summed E-state index contributed by atoms with van der Waals surface area (Å²) in [5.74, 6) is -1.78. The summed E-state index contributed by atoms with van der Waals surface area (Å²) in [5.41, 5.74) is -0.286. The molecule has 4 nitrogen and oxygen atoms in total. The van der Waals surface area contributed by atoms with Crippen molar-refractivity contribution in [1.82, 2.24) is 10.6 Å². The van der Waals surface area contributed by atoms with E-state index in [-0.39, 0.29) is 11.5 Å². The largest absolute Gasteiger partial charge is 0.340 e. The van der Waals surface area contributed by atoms with Crippen molar-refractivity contribution in [3.8, 4) is 0 Å². The second kappa shape index (κ2) is 4.48. The smallest absolute Gasteiger partial charge is 0.254 e. The van der Waals surface area contributed by atoms with Gasteiger partial charge in [-0.1, -0.05) is 6.07 Å². The van der Waals surface area contributed by atoms with Crippen LogP contribution < -0.4 is 10.6 Å². The van der Waals surface area contributed by atoms with E-state index in [1.54, 1.807) is 6.92 Å². The quantitative estimate of drug-likeness (QED) is 0.812. The van der Waals surface area contributed by atoms with Gasteiger partial charge < -0.3 is 5.32 Å². The highest BCUT2D eigenvalue weighted by molar-refractivity contribution is 6.06. The Bertz CT molecular complexity index is 467. The predicted molar refractivity (Wildman–Crippen MR) is 58.4 cm³/mol. The van der Waals surface area contributed by atoms with Crippen molar-refractivity contribution in [2.24, 2.45) is 4.99 Å². The highest BCUT2D eigenvalue weighted by Crippen LogP contribution is 2.22. The van der Waals surface area contributed by atoms with E-state index in [4.69, 9.17) is 0 Å².